The first-order valence-electron chi connectivity index (χ1n) is 8.83. The predicted octanol–water partition coefficient (Wildman–Crippen LogP) is 4.16. The fourth-order valence-electron chi connectivity index (χ4n) is 4.00. The van der Waals surface area contributed by atoms with Crippen molar-refractivity contribution in [3.05, 3.63) is 14.9 Å². The molecule has 2 unspecified atom stereocenters. The standard InChI is InChI=1S/C18H34N2O2.2CH3.Ti/c1-7-16(21)19-14-9-15(20-17(22)8-2)11-18(10-14,12(3)4)13(5)6;;;/h12-15H,7-11H2,1-6H3,(H,19,21)(H,20,22);2*1H3;/q;2*-1;+2. The summed E-state index contributed by atoms with van der Waals surface area (Å²) >= 11 is 0. The smallest absolute Gasteiger partial charge is 0.358 e. The van der Waals surface area contributed by atoms with Gasteiger partial charge in [0.2, 0.25) is 11.8 Å². The molecule has 1 rings (SSSR count). The van der Waals surface area contributed by atoms with Crippen LogP contribution in [0, 0.1) is 32.1 Å². The Bertz CT molecular complexity index is 361. The molecule has 1 aliphatic rings. The van der Waals surface area contributed by atoms with Crippen molar-refractivity contribution in [1.82, 2.24) is 10.6 Å². The van der Waals surface area contributed by atoms with E-state index >= 15 is 0 Å². The van der Waals surface area contributed by atoms with Gasteiger partial charge in [-0.25, -0.2) is 0 Å². The molecule has 1 aliphatic carbocycles. The number of carbonyl (C=O) groups is 2. The van der Waals surface area contributed by atoms with Crippen LogP contribution in [0.1, 0.15) is 73.6 Å². The zero-order valence-corrected chi connectivity index (χ0v) is 19.2. The minimum Gasteiger partial charge on any atom is -0.358 e. The van der Waals surface area contributed by atoms with Gasteiger partial charge in [0.25, 0.3) is 0 Å². The van der Waals surface area contributed by atoms with Gasteiger partial charge < -0.3 is 25.5 Å². The fourth-order valence-corrected chi connectivity index (χ4v) is 4.00. The minimum absolute atomic E-state index is 0. The van der Waals surface area contributed by atoms with Crippen molar-refractivity contribution in [3.8, 4) is 0 Å². The van der Waals surface area contributed by atoms with E-state index in [0.29, 0.717) is 24.7 Å². The summed E-state index contributed by atoms with van der Waals surface area (Å²) in [5.41, 5.74) is 0.162. The van der Waals surface area contributed by atoms with Gasteiger partial charge in [0.1, 0.15) is 0 Å². The molecule has 0 aromatic heterocycles. The second-order valence-corrected chi connectivity index (χ2v) is 7.42. The molecule has 0 heterocycles. The number of rotatable bonds is 6. The molecule has 0 saturated heterocycles. The number of amides is 2. The van der Waals surface area contributed by atoms with Crippen LogP contribution < -0.4 is 10.6 Å². The first-order chi connectivity index (χ1) is 10.2. The Labute approximate surface area is 171 Å². The van der Waals surface area contributed by atoms with Crippen molar-refractivity contribution in [2.75, 3.05) is 0 Å². The quantitative estimate of drug-likeness (QED) is 0.530. The average Bonchev–Trinajstić information content (AvgIpc) is 2.45. The number of carbonyl (C=O) groups excluding carboxylic acids is 2. The van der Waals surface area contributed by atoms with Crippen LogP contribution >= 0.6 is 0 Å². The molecule has 0 spiro atoms. The second kappa shape index (κ2) is 12.9. The van der Waals surface area contributed by atoms with Crippen LogP contribution in [0.5, 0.6) is 0 Å². The molecular weight excluding hydrogens is 348 g/mol. The summed E-state index contributed by atoms with van der Waals surface area (Å²) in [6, 6.07) is 0.321. The maximum atomic E-state index is 11.8. The molecule has 146 valence electrons. The maximum Gasteiger partial charge on any atom is 2.00 e. The van der Waals surface area contributed by atoms with E-state index < -0.39 is 0 Å². The third kappa shape index (κ3) is 7.82. The predicted molar refractivity (Wildman–Crippen MR) is 103 cm³/mol. The Morgan fingerprint density at radius 1 is 0.880 bits per heavy atom. The molecule has 0 bridgehead atoms. The Morgan fingerprint density at radius 3 is 1.44 bits per heavy atom. The van der Waals surface area contributed by atoms with E-state index in [0.717, 1.165) is 19.3 Å². The van der Waals surface area contributed by atoms with Gasteiger partial charge in [-0.1, -0.05) is 41.5 Å². The zero-order chi connectivity index (χ0) is 16.9. The van der Waals surface area contributed by atoms with E-state index in [4.69, 9.17) is 0 Å². The number of hydrogen-bond acceptors (Lipinski definition) is 2. The van der Waals surface area contributed by atoms with Crippen molar-refractivity contribution in [1.29, 1.82) is 0 Å². The summed E-state index contributed by atoms with van der Waals surface area (Å²) in [4.78, 5) is 23.6. The van der Waals surface area contributed by atoms with Crippen LogP contribution in [-0.2, 0) is 31.3 Å². The summed E-state index contributed by atoms with van der Waals surface area (Å²) < 4.78 is 0. The van der Waals surface area contributed by atoms with Crippen molar-refractivity contribution >= 4 is 11.8 Å². The summed E-state index contributed by atoms with van der Waals surface area (Å²) in [5, 5.41) is 6.33. The van der Waals surface area contributed by atoms with Crippen molar-refractivity contribution in [2.24, 2.45) is 17.3 Å². The van der Waals surface area contributed by atoms with Crippen molar-refractivity contribution in [2.45, 2.75) is 85.7 Å². The number of hydrogen-bond donors (Lipinski definition) is 2. The van der Waals surface area contributed by atoms with Crippen LogP contribution in [0.15, 0.2) is 0 Å². The SMILES string of the molecule is CCC(=O)NC1CC(NC(=O)CC)CC(C(C)C)(C(C)C)C1.[CH3-].[CH3-].[Ti+2]. The first-order valence-corrected chi connectivity index (χ1v) is 8.83. The molecule has 2 N–H and O–H groups in total. The van der Waals surface area contributed by atoms with Crippen LogP contribution in [0.4, 0.5) is 0 Å². The van der Waals surface area contributed by atoms with Crippen molar-refractivity contribution in [3.63, 3.8) is 0 Å². The van der Waals surface area contributed by atoms with Gasteiger partial charge in [-0.3, -0.25) is 9.59 Å². The molecule has 1 saturated carbocycles. The summed E-state index contributed by atoms with van der Waals surface area (Å²) in [7, 11) is 0. The average molecular weight is 388 g/mol. The molecule has 0 aromatic carbocycles. The molecule has 2 atom stereocenters. The van der Waals surface area contributed by atoms with Gasteiger partial charge in [-0.05, 0) is 36.5 Å². The van der Waals surface area contributed by atoms with Crippen LogP contribution in [0.3, 0.4) is 0 Å². The first kappa shape index (κ1) is 29.4. The number of nitrogens with one attached hydrogen (secondary N) is 2. The third-order valence-corrected chi connectivity index (χ3v) is 5.49. The Kier molecular flexibility index (Phi) is 15.2. The molecule has 4 nitrogen and oxygen atoms in total. The summed E-state index contributed by atoms with van der Waals surface area (Å²) in [6.07, 6.45) is 3.88. The normalized spacial score (nSPS) is 21.4. The van der Waals surface area contributed by atoms with Crippen LogP contribution in [-0.4, -0.2) is 23.9 Å². The monoisotopic (exact) mass is 388 g/mol. The summed E-state index contributed by atoms with van der Waals surface area (Å²) in [5.74, 6) is 1.26. The van der Waals surface area contributed by atoms with E-state index in [1.807, 2.05) is 13.8 Å². The molecule has 0 aliphatic heterocycles. The topological polar surface area (TPSA) is 58.2 Å². The molecule has 2 amide bonds. The fraction of sp³-hybridized carbons (Fsp3) is 0.800. The maximum absolute atomic E-state index is 11.8. The van der Waals surface area contributed by atoms with Gasteiger partial charge in [0.15, 0.2) is 0 Å². The van der Waals surface area contributed by atoms with Crippen molar-refractivity contribution < 1.29 is 31.3 Å². The molecule has 5 heteroatoms. The largest absolute Gasteiger partial charge is 2.00 e. The van der Waals surface area contributed by atoms with E-state index in [1.165, 1.54) is 0 Å². The Hall–Kier alpha value is -0.346. The molecule has 25 heavy (non-hydrogen) atoms. The van der Waals surface area contributed by atoms with Crippen LogP contribution in [0.2, 0.25) is 0 Å². The third-order valence-electron chi connectivity index (χ3n) is 5.49. The van der Waals surface area contributed by atoms with Gasteiger partial charge in [0, 0.05) is 24.9 Å². The summed E-state index contributed by atoms with van der Waals surface area (Å²) in [6.45, 7) is 12.8. The van der Waals surface area contributed by atoms with E-state index in [2.05, 4.69) is 38.3 Å². The van der Waals surface area contributed by atoms with E-state index in [1.54, 1.807) is 0 Å². The Balaban J connectivity index is -0.00000161. The molecular formula is C20H40N2O2Ti. The molecule has 1 fully saturated rings. The minimum atomic E-state index is 0. The molecule has 0 radical (unpaired) electrons. The van der Waals surface area contributed by atoms with Gasteiger partial charge in [0.05, 0.1) is 0 Å². The van der Waals surface area contributed by atoms with Gasteiger partial charge >= 0.3 is 21.7 Å². The Morgan fingerprint density at radius 2 is 1.20 bits per heavy atom. The second-order valence-electron chi connectivity index (χ2n) is 7.42. The van der Waals surface area contributed by atoms with Gasteiger partial charge in [-0.2, -0.15) is 0 Å². The zero-order valence-electron chi connectivity index (χ0n) is 17.7. The van der Waals surface area contributed by atoms with Gasteiger partial charge in [-0.15, -0.1) is 0 Å². The van der Waals surface area contributed by atoms with E-state index in [-0.39, 0.29) is 65.9 Å². The van der Waals surface area contributed by atoms with E-state index in [9.17, 15) is 9.59 Å². The molecule has 0 aromatic rings. The van der Waals surface area contributed by atoms with Crippen LogP contribution in [0.25, 0.3) is 0 Å².